The van der Waals surface area contributed by atoms with Crippen LogP contribution in [0.25, 0.3) is 5.57 Å². The molecule has 2 aromatic carbocycles. The van der Waals surface area contributed by atoms with Gasteiger partial charge in [0.05, 0.1) is 11.1 Å². The van der Waals surface area contributed by atoms with E-state index < -0.39 is 18.3 Å². The molecule has 0 spiro atoms. The standard InChI is InChI=1S/C20H22O6/c1-3-10(4-2)15-13(22)9-14-16(17(15)23)18(24)19(25)20(26-14)11-5-7-12(21)8-6-11/h3,5-9,18-25H,4H2,1-2H3. The van der Waals surface area contributed by atoms with Crippen molar-refractivity contribution < 1.29 is 30.3 Å². The third kappa shape index (κ3) is 2.87. The largest absolute Gasteiger partial charge is 0.508 e. The molecule has 3 rings (SSSR count). The van der Waals surface area contributed by atoms with Crippen LogP contribution in [-0.2, 0) is 0 Å². The summed E-state index contributed by atoms with van der Waals surface area (Å²) in [5, 5.41) is 51.5. The Hall–Kier alpha value is -2.70. The summed E-state index contributed by atoms with van der Waals surface area (Å²) >= 11 is 0. The number of hydrogen-bond acceptors (Lipinski definition) is 6. The summed E-state index contributed by atoms with van der Waals surface area (Å²) in [6, 6.07) is 7.38. The van der Waals surface area contributed by atoms with Gasteiger partial charge in [0.2, 0.25) is 0 Å². The minimum Gasteiger partial charge on any atom is -0.508 e. The van der Waals surface area contributed by atoms with E-state index in [1.54, 1.807) is 25.1 Å². The summed E-state index contributed by atoms with van der Waals surface area (Å²) in [5.41, 5.74) is 1.54. The van der Waals surface area contributed by atoms with E-state index in [4.69, 9.17) is 4.74 Å². The highest BCUT2D eigenvalue weighted by Crippen LogP contribution is 2.50. The quantitative estimate of drug-likeness (QED) is 0.576. The van der Waals surface area contributed by atoms with Crippen molar-refractivity contribution in [1.82, 2.24) is 0 Å². The highest BCUT2D eigenvalue weighted by Gasteiger charge is 2.40. The van der Waals surface area contributed by atoms with Gasteiger partial charge in [0, 0.05) is 6.07 Å². The van der Waals surface area contributed by atoms with Crippen molar-refractivity contribution in [3.63, 3.8) is 0 Å². The van der Waals surface area contributed by atoms with Crippen LogP contribution >= 0.6 is 0 Å². The zero-order valence-electron chi connectivity index (χ0n) is 14.5. The maximum Gasteiger partial charge on any atom is 0.152 e. The molecule has 1 heterocycles. The summed E-state index contributed by atoms with van der Waals surface area (Å²) in [6.07, 6.45) is -1.29. The van der Waals surface area contributed by atoms with Crippen LogP contribution in [0.3, 0.4) is 0 Å². The number of aromatic hydroxyl groups is 3. The first-order valence-corrected chi connectivity index (χ1v) is 8.45. The molecule has 0 bridgehead atoms. The zero-order valence-corrected chi connectivity index (χ0v) is 14.5. The number of ether oxygens (including phenoxy) is 1. The summed E-state index contributed by atoms with van der Waals surface area (Å²) in [7, 11) is 0. The molecule has 5 N–H and O–H groups in total. The number of phenolic OH excluding ortho intramolecular Hbond substituents is 3. The van der Waals surface area contributed by atoms with E-state index >= 15 is 0 Å². The van der Waals surface area contributed by atoms with Gasteiger partial charge in [0.25, 0.3) is 0 Å². The Morgan fingerprint density at radius 3 is 2.35 bits per heavy atom. The molecule has 26 heavy (non-hydrogen) atoms. The molecule has 138 valence electrons. The Bertz CT molecular complexity index is 840. The van der Waals surface area contributed by atoms with Crippen molar-refractivity contribution in [2.24, 2.45) is 0 Å². The number of hydrogen-bond donors (Lipinski definition) is 5. The van der Waals surface area contributed by atoms with Crippen molar-refractivity contribution in [3.05, 3.63) is 53.1 Å². The van der Waals surface area contributed by atoms with E-state index in [0.29, 0.717) is 17.6 Å². The van der Waals surface area contributed by atoms with E-state index in [1.165, 1.54) is 18.2 Å². The first kappa shape index (κ1) is 18.1. The van der Waals surface area contributed by atoms with Crippen molar-refractivity contribution >= 4 is 5.57 Å². The van der Waals surface area contributed by atoms with Gasteiger partial charge < -0.3 is 30.3 Å². The van der Waals surface area contributed by atoms with Crippen LogP contribution in [0.5, 0.6) is 23.0 Å². The smallest absolute Gasteiger partial charge is 0.152 e. The summed E-state index contributed by atoms with van der Waals surface area (Å²) in [4.78, 5) is 0. The summed E-state index contributed by atoms with van der Waals surface area (Å²) in [5.74, 6) is -0.292. The normalized spacial score (nSPS) is 22.6. The van der Waals surface area contributed by atoms with Crippen LogP contribution in [0.2, 0.25) is 0 Å². The number of aliphatic hydroxyl groups excluding tert-OH is 2. The van der Waals surface area contributed by atoms with Crippen molar-refractivity contribution in [3.8, 4) is 23.0 Å². The third-order valence-electron chi connectivity index (χ3n) is 4.74. The van der Waals surface area contributed by atoms with Crippen molar-refractivity contribution in [2.75, 3.05) is 0 Å². The molecule has 0 aromatic heterocycles. The van der Waals surface area contributed by atoms with Crippen LogP contribution < -0.4 is 4.74 Å². The van der Waals surface area contributed by atoms with Crippen LogP contribution in [0.1, 0.15) is 49.2 Å². The second kappa shape index (κ2) is 6.90. The minimum absolute atomic E-state index is 0.0492. The zero-order chi connectivity index (χ0) is 19.0. The lowest BCUT2D eigenvalue weighted by Gasteiger charge is -2.35. The number of fused-ring (bicyclic) bond motifs is 1. The second-order valence-electron chi connectivity index (χ2n) is 6.26. The number of benzene rings is 2. The first-order chi connectivity index (χ1) is 12.4. The fourth-order valence-corrected chi connectivity index (χ4v) is 3.34. The SMILES string of the molecule is CC=C(CC)c1c(O)cc2c(c1O)C(O)C(O)C(c1ccc(O)cc1)O2. The van der Waals surface area contributed by atoms with Gasteiger partial charge in [0.15, 0.2) is 6.10 Å². The fraction of sp³-hybridized carbons (Fsp3) is 0.300. The average Bonchev–Trinajstić information content (AvgIpc) is 2.62. The number of phenols is 3. The van der Waals surface area contributed by atoms with Gasteiger partial charge in [-0.3, -0.25) is 0 Å². The highest BCUT2D eigenvalue weighted by atomic mass is 16.5. The van der Waals surface area contributed by atoms with Crippen LogP contribution in [-0.4, -0.2) is 31.6 Å². The number of allylic oxidation sites excluding steroid dienone is 2. The van der Waals surface area contributed by atoms with E-state index in [0.717, 1.165) is 0 Å². The molecule has 1 aliphatic heterocycles. The average molecular weight is 358 g/mol. The van der Waals surface area contributed by atoms with Crippen LogP contribution in [0.4, 0.5) is 0 Å². The molecule has 0 fully saturated rings. The first-order valence-electron chi connectivity index (χ1n) is 8.45. The Balaban J connectivity index is 2.10. The van der Waals surface area contributed by atoms with E-state index in [1.807, 2.05) is 6.92 Å². The van der Waals surface area contributed by atoms with Gasteiger partial charge in [-0.15, -0.1) is 0 Å². The Morgan fingerprint density at radius 1 is 1.12 bits per heavy atom. The lowest BCUT2D eigenvalue weighted by atomic mass is 9.88. The molecule has 3 atom stereocenters. The Labute approximate surface area is 151 Å². The summed E-state index contributed by atoms with van der Waals surface area (Å²) in [6.45, 7) is 3.68. The van der Waals surface area contributed by atoms with E-state index in [-0.39, 0.29) is 34.1 Å². The topological polar surface area (TPSA) is 110 Å². The van der Waals surface area contributed by atoms with Gasteiger partial charge >= 0.3 is 0 Å². The molecule has 6 nitrogen and oxygen atoms in total. The lowest BCUT2D eigenvalue weighted by molar-refractivity contribution is -0.0710. The van der Waals surface area contributed by atoms with Gasteiger partial charge in [-0.25, -0.2) is 0 Å². The predicted molar refractivity (Wildman–Crippen MR) is 96.2 cm³/mol. The monoisotopic (exact) mass is 358 g/mol. The van der Waals surface area contributed by atoms with E-state index in [2.05, 4.69) is 0 Å². The Kier molecular flexibility index (Phi) is 4.80. The second-order valence-corrected chi connectivity index (χ2v) is 6.26. The maximum atomic E-state index is 10.6. The molecule has 0 saturated carbocycles. The molecular formula is C20H22O6. The lowest BCUT2D eigenvalue weighted by Crippen LogP contribution is -2.34. The van der Waals surface area contributed by atoms with Crippen LogP contribution in [0, 0.1) is 0 Å². The van der Waals surface area contributed by atoms with Gasteiger partial charge in [-0.2, -0.15) is 0 Å². The molecule has 3 unspecified atom stereocenters. The van der Waals surface area contributed by atoms with Gasteiger partial charge in [-0.05, 0) is 36.6 Å². The van der Waals surface area contributed by atoms with Crippen molar-refractivity contribution in [1.29, 1.82) is 0 Å². The molecule has 0 amide bonds. The predicted octanol–water partition coefficient (Wildman–Crippen LogP) is 3.14. The Morgan fingerprint density at radius 2 is 1.77 bits per heavy atom. The molecule has 0 saturated heterocycles. The molecule has 1 aliphatic rings. The molecule has 0 aliphatic carbocycles. The minimum atomic E-state index is -1.40. The van der Waals surface area contributed by atoms with Gasteiger partial charge in [-0.1, -0.05) is 25.1 Å². The fourth-order valence-electron chi connectivity index (χ4n) is 3.34. The highest BCUT2D eigenvalue weighted by molar-refractivity contribution is 5.78. The molecule has 6 heteroatoms. The third-order valence-corrected chi connectivity index (χ3v) is 4.74. The molecular weight excluding hydrogens is 336 g/mol. The maximum absolute atomic E-state index is 10.6. The number of rotatable bonds is 3. The molecule has 2 aromatic rings. The van der Waals surface area contributed by atoms with Gasteiger partial charge in [0.1, 0.15) is 35.2 Å². The van der Waals surface area contributed by atoms with Crippen LogP contribution in [0.15, 0.2) is 36.4 Å². The number of aliphatic hydroxyl groups is 2. The summed E-state index contributed by atoms with van der Waals surface area (Å²) < 4.78 is 5.77. The molecule has 0 radical (unpaired) electrons. The van der Waals surface area contributed by atoms with Crippen molar-refractivity contribution in [2.45, 2.75) is 38.6 Å². The van der Waals surface area contributed by atoms with E-state index in [9.17, 15) is 25.5 Å².